The lowest BCUT2D eigenvalue weighted by Crippen LogP contribution is -2.38. The molecule has 1 heterocycles. The summed E-state index contributed by atoms with van der Waals surface area (Å²) >= 11 is 2.11. The molecule has 0 aliphatic rings. The fraction of sp³-hybridized carbons (Fsp3) is 0.308. The van der Waals surface area contributed by atoms with E-state index in [-0.39, 0.29) is 11.7 Å². The Labute approximate surface area is 208 Å². The molecule has 0 aliphatic heterocycles. The lowest BCUT2D eigenvalue weighted by atomic mass is 10.1. The van der Waals surface area contributed by atoms with Crippen LogP contribution in [0.5, 0.6) is 11.5 Å². The highest BCUT2D eigenvalue weighted by Crippen LogP contribution is 2.33. The molecule has 3 rings (SSSR count). The van der Waals surface area contributed by atoms with E-state index in [0.29, 0.717) is 25.3 Å². The Kier molecular flexibility index (Phi) is 9.50. The number of aromatic nitrogens is 1. The van der Waals surface area contributed by atoms with Crippen LogP contribution in [0, 0.1) is 3.57 Å². The van der Waals surface area contributed by atoms with Gasteiger partial charge in [0.1, 0.15) is 6.54 Å². The van der Waals surface area contributed by atoms with Crippen molar-refractivity contribution in [1.82, 2.24) is 5.32 Å². The Morgan fingerprint density at radius 2 is 1.97 bits per heavy atom. The molecule has 6 nitrogen and oxygen atoms in total. The van der Waals surface area contributed by atoms with E-state index in [1.165, 1.54) is 10.9 Å². The number of amides is 1. The van der Waals surface area contributed by atoms with Gasteiger partial charge in [-0.05, 0) is 71.3 Å². The van der Waals surface area contributed by atoms with E-state index in [0.717, 1.165) is 40.6 Å². The van der Waals surface area contributed by atoms with Crippen molar-refractivity contribution in [3.05, 3.63) is 63.4 Å². The van der Waals surface area contributed by atoms with Crippen molar-refractivity contribution in [3.63, 3.8) is 0 Å². The van der Waals surface area contributed by atoms with Crippen LogP contribution in [0.2, 0.25) is 0 Å². The van der Waals surface area contributed by atoms with E-state index in [1.807, 2.05) is 24.3 Å². The predicted octanol–water partition coefficient (Wildman–Crippen LogP) is 4.25. The largest absolute Gasteiger partial charge is 0.504 e. The van der Waals surface area contributed by atoms with E-state index in [9.17, 15) is 9.90 Å². The van der Waals surface area contributed by atoms with Crippen molar-refractivity contribution >= 4 is 51.6 Å². The quantitative estimate of drug-likeness (QED) is 0.186. The number of nitrogens with two attached hydrogens (primary N) is 1. The van der Waals surface area contributed by atoms with Gasteiger partial charge in [-0.1, -0.05) is 12.1 Å². The van der Waals surface area contributed by atoms with Gasteiger partial charge in [0.25, 0.3) is 0 Å². The third kappa shape index (κ3) is 6.91. The SMILES string of the molecule is COc1cc(/C=C/c2ccc3ccccc3[n+]2CCCCCC(=O)NCCN)cc(I)c1O. The minimum Gasteiger partial charge on any atom is -0.504 e. The number of fused-ring (bicyclic) bond motifs is 1. The second-order valence-corrected chi connectivity index (χ2v) is 8.97. The zero-order valence-electron chi connectivity index (χ0n) is 18.9. The summed E-state index contributed by atoms with van der Waals surface area (Å²) in [4.78, 5) is 11.8. The fourth-order valence-corrected chi connectivity index (χ4v) is 4.36. The fourth-order valence-electron chi connectivity index (χ4n) is 3.73. The number of hydrogen-bond donors (Lipinski definition) is 3. The third-order valence-corrected chi connectivity index (χ3v) is 6.26. The molecule has 0 fully saturated rings. The van der Waals surface area contributed by atoms with Gasteiger partial charge in [-0.3, -0.25) is 4.79 Å². The van der Waals surface area contributed by atoms with Crippen LogP contribution in [-0.4, -0.2) is 31.2 Å². The third-order valence-electron chi connectivity index (χ3n) is 5.44. The summed E-state index contributed by atoms with van der Waals surface area (Å²) in [5, 5.41) is 14.1. The van der Waals surface area contributed by atoms with E-state index in [4.69, 9.17) is 10.5 Å². The number of phenolic OH excluding ortho intramolecular Hbond substituents is 1. The number of aryl methyl sites for hydroxylation is 1. The first-order valence-corrected chi connectivity index (χ1v) is 12.2. The van der Waals surface area contributed by atoms with E-state index >= 15 is 0 Å². The second-order valence-electron chi connectivity index (χ2n) is 7.80. The molecule has 0 saturated heterocycles. The molecule has 4 N–H and O–H groups in total. The topological polar surface area (TPSA) is 88.5 Å². The molecule has 0 saturated carbocycles. The predicted molar refractivity (Wildman–Crippen MR) is 141 cm³/mol. The number of aromatic hydroxyl groups is 1. The number of phenols is 1. The standard InChI is InChI=1S/C26H30IN3O3/c1-33-24-18-19(17-22(27)26(24)32)10-12-21-13-11-20-7-4-5-8-23(20)30(21)16-6-2-3-9-25(31)29-15-14-28/h4-5,7-8,10-13,17-18H,2-3,6,9,14-16,28H2,1H3,(H,29,31)/p+1. The van der Waals surface area contributed by atoms with Crippen LogP contribution in [-0.2, 0) is 11.3 Å². The molecule has 1 aromatic heterocycles. The number of carbonyl (C=O) groups is 1. The first-order chi connectivity index (χ1) is 16.0. The van der Waals surface area contributed by atoms with Crippen molar-refractivity contribution in [2.24, 2.45) is 5.73 Å². The van der Waals surface area contributed by atoms with Gasteiger partial charge in [-0.15, -0.1) is 0 Å². The Balaban J connectivity index is 1.76. The van der Waals surface area contributed by atoms with E-state index in [2.05, 4.69) is 68.9 Å². The lowest BCUT2D eigenvalue weighted by Gasteiger charge is -2.07. The van der Waals surface area contributed by atoms with Gasteiger partial charge in [0.05, 0.1) is 10.7 Å². The Morgan fingerprint density at radius 1 is 1.15 bits per heavy atom. The Bertz CT molecular complexity index is 1130. The molecule has 0 atom stereocenters. The van der Waals surface area contributed by atoms with Crippen LogP contribution < -0.4 is 20.4 Å². The zero-order chi connectivity index (χ0) is 23.6. The Morgan fingerprint density at radius 3 is 2.76 bits per heavy atom. The highest BCUT2D eigenvalue weighted by molar-refractivity contribution is 14.1. The molecule has 1 amide bonds. The average molecular weight is 560 g/mol. The number of para-hydroxylation sites is 1. The maximum atomic E-state index is 11.8. The minimum absolute atomic E-state index is 0.0702. The molecule has 174 valence electrons. The van der Waals surface area contributed by atoms with Crippen LogP contribution in [0.15, 0.2) is 48.5 Å². The molecule has 3 aromatic rings. The van der Waals surface area contributed by atoms with Gasteiger partial charge in [0, 0.05) is 49.5 Å². The average Bonchev–Trinajstić information content (AvgIpc) is 2.83. The smallest absolute Gasteiger partial charge is 0.220 e. The molecule has 0 bridgehead atoms. The normalized spacial score (nSPS) is 11.2. The number of unbranched alkanes of at least 4 members (excludes halogenated alkanes) is 2. The van der Waals surface area contributed by atoms with Crippen molar-refractivity contribution in [2.45, 2.75) is 32.2 Å². The van der Waals surface area contributed by atoms with Crippen molar-refractivity contribution in [2.75, 3.05) is 20.2 Å². The van der Waals surface area contributed by atoms with Crippen LogP contribution in [0.3, 0.4) is 0 Å². The lowest BCUT2D eigenvalue weighted by molar-refractivity contribution is -0.673. The van der Waals surface area contributed by atoms with Gasteiger partial charge < -0.3 is 20.9 Å². The summed E-state index contributed by atoms with van der Waals surface area (Å²) in [5.74, 6) is 0.692. The van der Waals surface area contributed by atoms with E-state index < -0.39 is 0 Å². The van der Waals surface area contributed by atoms with Crippen molar-refractivity contribution in [3.8, 4) is 11.5 Å². The van der Waals surface area contributed by atoms with Gasteiger partial charge in [0.15, 0.2) is 11.5 Å². The highest BCUT2D eigenvalue weighted by Gasteiger charge is 2.14. The minimum atomic E-state index is 0.0702. The maximum Gasteiger partial charge on any atom is 0.220 e. The Hall–Kier alpha value is -2.65. The van der Waals surface area contributed by atoms with Crippen LogP contribution >= 0.6 is 22.6 Å². The second kappa shape index (κ2) is 12.6. The number of benzene rings is 2. The highest BCUT2D eigenvalue weighted by atomic mass is 127. The molecular formula is C26H31IN3O3+. The molecule has 2 aromatic carbocycles. The molecule has 33 heavy (non-hydrogen) atoms. The summed E-state index contributed by atoms with van der Waals surface area (Å²) < 4.78 is 8.35. The summed E-state index contributed by atoms with van der Waals surface area (Å²) in [7, 11) is 1.55. The number of nitrogens with zero attached hydrogens (tertiary/aromatic N) is 1. The van der Waals surface area contributed by atoms with E-state index in [1.54, 1.807) is 7.11 Å². The number of halogens is 1. The number of hydrogen-bond acceptors (Lipinski definition) is 4. The molecular weight excluding hydrogens is 529 g/mol. The summed E-state index contributed by atoms with van der Waals surface area (Å²) in [5.41, 5.74) is 8.66. The van der Waals surface area contributed by atoms with Gasteiger partial charge >= 0.3 is 0 Å². The van der Waals surface area contributed by atoms with Crippen LogP contribution in [0.25, 0.3) is 23.1 Å². The number of rotatable bonds is 11. The number of pyridine rings is 1. The van der Waals surface area contributed by atoms with Gasteiger partial charge in [-0.2, -0.15) is 4.57 Å². The molecule has 0 spiro atoms. The van der Waals surface area contributed by atoms with Crippen LogP contribution in [0.1, 0.15) is 36.9 Å². The molecule has 7 heteroatoms. The molecule has 0 radical (unpaired) electrons. The maximum absolute atomic E-state index is 11.8. The van der Waals surface area contributed by atoms with Gasteiger partial charge in [0.2, 0.25) is 17.1 Å². The summed E-state index contributed by atoms with van der Waals surface area (Å²) in [6.45, 7) is 1.87. The number of carbonyl (C=O) groups excluding carboxylic acids is 1. The first-order valence-electron chi connectivity index (χ1n) is 11.2. The summed E-state index contributed by atoms with van der Waals surface area (Å²) in [6.07, 6.45) is 7.48. The summed E-state index contributed by atoms with van der Waals surface area (Å²) in [6, 6.07) is 16.4. The number of nitrogens with one attached hydrogen (secondary N) is 1. The van der Waals surface area contributed by atoms with Gasteiger partial charge in [-0.25, -0.2) is 0 Å². The van der Waals surface area contributed by atoms with Crippen LogP contribution in [0.4, 0.5) is 0 Å². The molecule has 0 unspecified atom stereocenters. The zero-order valence-corrected chi connectivity index (χ0v) is 21.0. The van der Waals surface area contributed by atoms with Crippen molar-refractivity contribution in [1.29, 1.82) is 0 Å². The number of ether oxygens (including phenoxy) is 1. The van der Waals surface area contributed by atoms with Crippen molar-refractivity contribution < 1.29 is 19.2 Å². The monoisotopic (exact) mass is 560 g/mol. The number of methoxy groups -OCH3 is 1. The molecule has 0 aliphatic carbocycles. The first kappa shape index (κ1) is 25.0.